The largest absolute Gasteiger partial charge is 0.473 e. The molecular weight excluding hydrogens is 190 g/mol. The van der Waals surface area contributed by atoms with Crippen LogP contribution in [0.5, 0.6) is 0 Å². The zero-order valence-corrected chi connectivity index (χ0v) is 7.60. The fraction of sp³-hybridized carbons (Fsp3) is 0.250. The van der Waals surface area contributed by atoms with Gasteiger partial charge in [-0.2, -0.15) is 0 Å². The average molecular weight is 201 g/mol. The number of hydrogen-bond acceptors (Lipinski definition) is 5. The van der Waals surface area contributed by atoms with Gasteiger partial charge in [0.25, 0.3) is 0 Å². The Morgan fingerprint density at radius 1 is 1.57 bits per heavy atom. The average Bonchev–Trinajstić information content (AvgIpc) is 2.55. The maximum atomic E-state index is 10.6. The maximum Gasteiger partial charge on any atom is 0.417 e. The monoisotopic (exact) mass is 201 g/mol. The number of carboxylic acid groups (broad SMARTS) is 1. The first kappa shape index (κ1) is 12.2. The Morgan fingerprint density at radius 2 is 2.21 bits per heavy atom. The van der Waals surface area contributed by atoms with Crippen LogP contribution in [0.3, 0.4) is 0 Å². The van der Waals surface area contributed by atoms with Crippen molar-refractivity contribution < 1.29 is 23.8 Å². The fourth-order valence-electron chi connectivity index (χ4n) is 0.785. The van der Waals surface area contributed by atoms with Gasteiger partial charge in [0.1, 0.15) is 6.10 Å². The molecule has 0 aliphatic carbocycles. The minimum Gasteiger partial charge on any atom is -0.473 e. The number of aliphatic carboxylic acids is 1. The van der Waals surface area contributed by atoms with Gasteiger partial charge in [-0.3, -0.25) is 0 Å². The van der Waals surface area contributed by atoms with Gasteiger partial charge in [0.2, 0.25) is 0 Å². The molecule has 0 saturated carbocycles. The van der Waals surface area contributed by atoms with Crippen molar-refractivity contribution in [3.63, 3.8) is 0 Å². The minimum absolute atomic E-state index is 0. The lowest BCUT2D eigenvalue weighted by atomic mass is 10.2. The fourth-order valence-corrected chi connectivity index (χ4v) is 0.785. The van der Waals surface area contributed by atoms with Crippen LogP contribution < -0.4 is 6.15 Å². The maximum absolute atomic E-state index is 10.6. The SMILES string of the molecule is CC(OC(=O)C(=O)O)c1ccoc1.N. The number of esters is 1. The highest BCUT2D eigenvalue weighted by molar-refractivity contribution is 6.28. The van der Waals surface area contributed by atoms with Crippen molar-refractivity contribution in [3.05, 3.63) is 24.2 Å². The zero-order chi connectivity index (χ0) is 9.84. The molecule has 0 spiro atoms. The molecule has 0 aliphatic rings. The van der Waals surface area contributed by atoms with Crippen LogP contribution in [0.15, 0.2) is 23.0 Å². The molecule has 6 heteroatoms. The zero-order valence-electron chi connectivity index (χ0n) is 7.60. The number of furan rings is 1. The summed E-state index contributed by atoms with van der Waals surface area (Å²) in [5.74, 6) is -2.87. The third-order valence-electron chi connectivity index (χ3n) is 1.47. The van der Waals surface area contributed by atoms with Crippen LogP contribution in [0.25, 0.3) is 0 Å². The van der Waals surface area contributed by atoms with Crippen molar-refractivity contribution in [3.8, 4) is 0 Å². The molecule has 0 saturated heterocycles. The molecule has 1 atom stereocenters. The van der Waals surface area contributed by atoms with Crippen molar-refractivity contribution >= 4 is 11.9 Å². The molecule has 78 valence electrons. The molecule has 1 aromatic heterocycles. The standard InChI is InChI=1S/C8H8O5.H3N/c1-5(6-2-3-12-4-6)13-8(11)7(9)10;/h2-5H,1H3,(H,9,10);1H3. The Morgan fingerprint density at radius 3 is 2.64 bits per heavy atom. The molecule has 14 heavy (non-hydrogen) atoms. The number of carbonyl (C=O) groups excluding carboxylic acids is 1. The van der Waals surface area contributed by atoms with Gasteiger partial charge >= 0.3 is 11.9 Å². The van der Waals surface area contributed by atoms with E-state index in [1.54, 1.807) is 13.0 Å². The van der Waals surface area contributed by atoms with Crippen LogP contribution in [0, 0.1) is 0 Å². The number of ether oxygens (including phenoxy) is 1. The topological polar surface area (TPSA) is 112 Å². The summed E-state index contributed by atoms with van der Waals surface area (Å²) in [5.41, 5.74) is 0.620. The summed E-state index contributed by atoms with van der Waals surface area (Å²) < 4.78 is 9.30. The first-order valence-corrected chi connectivity index (χ1v) is 3.57. The van der Waals surface area contributed by atoms with Crippen LogP contribution in [0.2, 0.25) is 0 Å². The Labute approximate surface area is 80.1 Å². The van der Waals surface area contributed by atoms with E-state index in [4.69, 9.17) is 9.52 Å². The van der Waals surface area contributed by atoms with Gasteiger partial charge in [-0.1, -0.05) is 0 Å². The van der Waals surface area contributed by atoms with Gasteiger partial charge in [0, 0.05) is 5.56 Å². The summed E-state index contributed by atoms with van der Waals surface area (Å²) in [4.78, 5) is 20.7. The lowest BCUT2D eigenvalue weighted by Gasteiger charge is -2.08. The van der Waals surface area contributed by atoms with Crippen molar-refractivity contribution in [2.24, 2.45) is 0 Å². The highest BCUT2D eigenvalue weighted by Gasteiger charge is 2.18. The first-order chi connectivity index (χ1) is 6.11. The van der Waals surface area contributed by atoms with Crippen LogP contribution in [-0.4, -0.2) is 17.0 Å². The second-order valence-corrected chi connectivity index (χ2v) is 2.41. The third kappa shape index (κ3) is 2.91. The van der Waals surface area contributed by atoms with Gasteiger partial charge in [-0.25, -0.2) is 9.59 Å². The van der Waals surface area contributed by atoms with Crippen LogP contribution in [0.1, 0.15) is 18.6 Å². The molecule has 0 amide bonds. The summed E-state index contributed by atoms with van der Waals surface area (Å²) in [6.07, 6.45) is 2.20. The second-order valence-electron chi connectivity index (χ2n) is 2.41. The summed E-state index contributed by atoms with van der Waals surface area (Å²) in [7, 11) is 0. The molecule has 0 aromatic carbocycles. The van der Waals surface area contributed by atoms with Crippen molar-refractivity contribution in [1.82, 2.24) is 6.15 Å². The first-order valence-electron chi connectivity index (χ1n) is 3.57. The molecule has 0 fully saturated rings. The Hall–Kier alpha value is -1.82. The summed E-state index contributed by atoms with van der Waals surface area (Å²) in [6.45, 7) is 1.56. The molecule has 0 aliphatic heterocycles. The lowest BCUT2D eigenvalue weighted by molar-refractivity contribution is -0.167. The second kappa shape index (κ2) is 5.03. The van der Waals surface area contributed by atoms with Gasteiger partial charge in [-0.15, -0.1) is 0 Å². The molecule has 1 heterocycles. The van der Waals surface area contributed by atoms with E-state index in [9.17, 15) is 9.59 Å². The highest BCUT2D eigenvalue weighted by Crippen LogP contribution is 2.16. The molecule has 0 bridgehead atoms. The number of carbonyl (C=O) groups is 2. The molecule has 1 aromatic rings. The number of carboxylic acids is 1. The number of rotatable bonds is 2. The normalized spacial score (nSPS) is 11.2. The Balaban J connectivity index is 0.00000169. The van der Waals surface area contributed by atoms with E-state index in [1.807, 2.05) is 0 Å². The smallest absolute Gasteiger partial charge is 0.417 e. The van der Waals surface area contributed by atoms with Crippen molar-refractivity contribution in [1.29, 1.82) is 0 Å². The Kier molecular flexibility index (Phi) is 4.37. The predicted molar refractivity (Wildman–Crippen MR) is 45.9 cm³/mol. The molecular formula is C8H11NO5. The van der Waals surface area contributed by atoms with E-state index in [0.29, 0.717) is 5.56 Å². The quantitative estimate of drug-likeness (QED) is 0.547. The number of hydrogen-bond donors (Lipinski definition) is 2. The van der Waals surface area contributed by atoms with Crippen LogP contribution >= 0.6 is 0 Å². The lowest BCUT2D eigenvalue weighted by Crippen LogP contribution is -2.17. The molecule has 6 nitrogen and oxygen atoms in total. The molecule has 4 N–H and O–H groups in total. The van der Waals surface area contributed by atoms with E-state index in [1.165, 1.54) is 12.5 Å². The highest BCUT2D eigenvalue weighted by atomic mass is 16.6. The van der Waals surface area contributed by atoms with Gasteiger partial charge in [0.15, 0.2) is 0 Å². The van der Waals surface area contributed by atoms with E-state index in [-0.39, 0.29) is 6.15 Å². The van der Waals surface area contributed by atoms with Crippen molar-refractivity contribution in [2.75, 3.05) is 0 Å². The van der Waals surface area contributed by atoms with E-state index in [2.05, 4.69) is 4.74 Å². The summed E-state index contributed by atoms with van der Waals surface area (Å²) >= 11 is 0. The Bertz CT molecular complexity index is 306. The van der Waals surface area contributed by atoms with E-state index in [0.717, 1.165) is 0 Å². The molecule has 0 radical (unpaired) electrons. The summed E-state index contributed by atoms with van der Waals surface area (Å²) in [5, 5.41) is 8.23. The van der Waals surface area contributed by atoms with E-state index < -0.39 is 18.0 Å². The molecule has 1 unspecified atom stereocenters. The van der Waals surface area contributed by atoms with Gasteiger partial charge in [-0.05, 0) is 13.0 Å². The van der Waals surface area contributed by atoms with Gasteiger partial charge in [0.05, 0.1) is 12.5 Å². The van der Waals surface area contributed by atoms with Gasteiger partial charge < -0.3 is 20.4 Å². The minimum atomic E-state index is -1.60. The van der Waals surface area contributed by atoms with Crippen LogP contribution in [-0.2, 0) is 14.3 Å². The van der Waals surface area contributed by atoms with Crippen LogP contribution in [0.4, 0.5) is 0 Å². The van der Waals surface area contributed by atoms with Crippen molar-refractivity contribution in [2.45, 2.75) is 13.0 Å². The van der Waals surface area contributed by atoms with E-state index >= 15 is 0 Å². The predicted octanol–water partition coefficient (Wildman–Crippen LogP) is 1.13. The third-order valence-corrected chi connectivity index (χ3v) is 1.47. The molecule has 1 rings (SSSR count). The summed E-state index contributed by atoms with van der Waals surface area (Å²) in [6, 6.07) is 1.60.